The second-order valence-corrected chi connectivity index (χ2v) is 9.89. The van der Waals surface area contributed by atoms with Gasteiger partial charge in [0.05, 0.1) is 12.2 Å². The summed E-state index contributed by atoms with van der Waals surface area (Å²) in [6, 6.07) is 0. The highest BCUT2D eigenvalue weighted by molar-refractivity contribution is 5.76. The van der Waals surface area contributed by atoms with Crippen molar-refractivity contribution < 1.29 is 15.0 Å². The van der Waals surface area contributed by atoms with E-state index >= 15 is 0 Å². The van der Waals surface area contributed by atoms with Crippen LogP contribution in [0.3, 0.4) is 0 Å². The van der Waals surface area contributed by atoms with Crippen LogP contribution in [-0.4, -0.2) is 46.3 Å². The molecule has 0 aromatic rings. The van der Waals surface area contributed by atoms with Gasteiger partial charge in [-0.2, -0.15) is 0 Å². The third-order valence-electron chi connectivity index (χ3n) is 7.56. The minimum atomic E-state index is -0.513. The van der Waals surface area contributed by atoms with Crippen molar-refractivity contribution in [1.82, 2.24) is 4.90 Å². The quantitative estimate of drug-likeness (QED) is 0.341. The predicted molar refractivity (Wildman–Crippen MR) is 125 cm³/mol. The van der Waals surface area contributed by atoms with E-state index in [1.54, 1.807) is 0 Å². The molecule has 172 valence electrons. The molecule has 6 atom stereocenters. The number of amides is 1. The van der Waals surface area contributed by atoms with Gasteiger partial charge in [-0.25, -0.2) is 0 Å². The standard InChI is InChI=1S/C27H41NO3/c1-3-4-10-20(2)25(29)14-13-23-24-18-21(17-22(24)19-26(23)30)11-6-7-12-27(31)28-15-8-5-9-16-28/h11,13-14,20,22-26,29-30H,5-10,12,15-19H2,1-2H3/b14-13+,21-11?/t20-,22-,23+,24-,25-,26+/m0/s1. The summed E-state index contributed by atoms with van der Waals surface area (Å²) in [5.74, 6) is 7.51. The molecule has 1 aliphatic heterocycles. The molecule has 3 aliphatic rings. The van der Waals surface area contributed by atoms with Crippen LogP contribution in [-0.2, 0) is 4.79 Å². The van der Waals surface area contributed by atoms with Crippen molar-refractivity contribution in [2.24, 2.45) is 23.7 Å². The van der Waals surface area contributed by atoms with Crippen molar-refractivity contribution >= 4 is 5.91 Å². The Hall–Kier alpha value is -1.57. The Kier molecular flexibility index (Phi) is 9.23. The number of allylic oxidation sites excluding steroid dienone is 2. The van der Waals surface area contributed by atoms with E-state index in [-0.39, 0.29) is 17.9 Å². The molecule has 3 fully saturated rings. The monoisotopic (exact) mass is 427 g/mol. The molecule has 2 N–H and O–H groups in total. The number of carbonyl (C=O) groups is 1. The number of nitrogens with zero attached hydrogens (tertiary/aromatic N) is 1. The molecule has 1 amide bonds. The molecule has 0 aromatic heterocycles. The number of aliphatic hydroxyl groups excluding tert-OH is 2. The number of aliphatic hydroxyl groups is 2. The van der Waals surface area contributed by atoms with Crippen LogP contribution < -0.4 is 0 Å². The van der Waals surface area contributed by atoms with Crippen molar-refractivity contribution in [3.05, 3.63) is 23.8 Å². The Morgan fingerprint density at radius 1 is 1.26 bits per heavy atom. The highest BCUT2D eigenvalue weighted by atomic mass is 16.3. The van der Waals surface area contributed by atoms with Crippen LogP contribution in [0, 0.1) is 35.5 Å². The first-order chi connectivity index (χ1) is 15.0. The van der Waals surface area contributed by atoms with Crippen molar-refractivity contribution in [3.8, 4) is 11.8 Å². The largest absolute Gasteiger partial charge is 0.392 e. The first-order valence-electron chi connectivity index (χ1n) is 12.4. The van der Waals surface area contributed by atoms with E-state index in [1.165, 1.54) is 12.0 Å². The minimum absolute atomic E-state index is 0.102. The Morgan fingerprint density at radius 2 is 2.03 bits per heavy atom. The summed E-state index contributed by atoms with van der Waals surface area (Å²) < 4.78 is 0. The summed E-state index contributed by atoms with van der Waals surface area (Å²) in [7, 11) is 0. The Balaban J connectivity index is 1.45. The topological polar surface area (TPSA) is 60.8 Å². The highest BCUT2D eigenvalue weighted by Crippen LogP contribution is 2.50. The predicted octanol–water partition coefficient (Wildman–Crippen LogP) is 4.47. The third kappa shape index (κ3) is 6.70. The van der Waals surface area contributed by atoms with Crippen LogP contribution in [0.25, 0.3) is 0 Å². The zero-order valence-corrected chi connectivity index (χ0v) is 19.4. The molecular formula is C27H41NO3. The lowest BCUT2D eigenvalue weighted by Crippen LogP contribution is -2.35. The molecule has 1 heterocycles. The fraction of sp³-hybridized carbons (Fsp3) is 0.741. The smallest absolute Gasteiger partial charge is 0.222 e. The van der Waals surface area contributed by atoms with Gasteiger partial charge in [0.25, 0.3) is 0 Å². The van der Waals surface area contributed by atoms with Gasteiger partial charge in [-0.1, -0.05) is 30.7 Å². The van der Waals surface area contributed by atoms with Gasteiger partial charge in [-0.15, -0.1) is 11.8 Å². The number of hydrogen-bond donors (Lipinski definition) is 2. The van der Waals surface area contributed by atoms with Crippen molar-refractivity contribution in [3.63, 3.8) is 0 Å². The van der Waals surface area contributed by atoms with E-state index in [9.17, 15) is 15.0 Å². The van der Waals surface area contributed by atoms with E-state index < -0.39 is 6.10 Å². The number of unbranched alkanes of at least 4 members (excludes halogenated alkanes) is 1. The highest BCUT2D eigenvalue weighted by Gasteiger charge is 2.45. The number of likely N-dealkylation sites (tertiary alicyclic amines) is 1. The second-order valence-electron chi connectivity index (χ2n) is 9.89. The van der Waals surface area contributed by atoms with Gasteiger partial charge in [0, 0.05) is 31.8 Å². The average molecular weight is 428 g/mol. The number of hydrogen-bond acceptors (Lipinski definition) is 3. The first-order valence-corrected chi connectivity index (χ1v) is 12.4. The lowest BCUT2D eigenvalue weighted by Gasteiger charge is -2.26. The zero-order chi connectivity index (χ0) is 22.2. The van der Waals surface area contributed by atoms with Crippen LogP contribution in [0.15, 0.2) is 23.8 Å². The molecular weight excluding hydrogens is 386 g/mol. The fourth-order valence-electron chi connectivity index (χ4n) is 5.62. The summed E-state index contributed by atoms with van der Waals surface area (Å²) >= 11 is 0. The van der Waals surface area contributed by atoms with Gasteiger partial charge in [0.2, 0.25) is 5.91 Å². The molecule has 0 radical (unpaired) electrons. The van der Waals surface area contributed by atoms with Gasteiger partial charge < -0.3 is 15.1 Å². The molecule has 4 heteroatoms. The summed E-state index contributed by atoms with van der Waals surface area (Å²) in [4.78, 5) is 14.3. The Labute approximate surface area is 188 Å². The average Bonchev–Trinajstić information content (AvgIpc) is 3.30. The molecule has 3 rings (SSSR count). The number of piperidine rings is 1. The number of carbonyl (C=O) groups excluding carboxylic acids is 1. The SMILES string of the molecule is CC#CC[C@H](C)[C@@H](O)/C=C/[C@@H]1[C@H]2CC(=CCCCC(=O)N3CCCCC3)C[C@H]2C[C@H]1O. The summed E-state index contributed by atoms with van der Waals surface area (Å²) in [5, 5.41) is 20.9. The maximum atomic E-state index is 12.3. The molecule has 0 bridgehead atoms. The second kappa shape index (κ2) is 11.9. The van der Waals surface area contributed by atoms with Crippen molar-refractivity contribution in [2.75, 3.05) is 13.1 Å². The molecule has 31 heavy (non-hydrogen) atoms. The van der Waals surface area contributed by atoms with Gasteiger partial charge in [-0.05, 0) is 76.0 Å². The molecule has 4 nitrogen and oxygen atoms in total. The van der Waals surface area contributed by atoms with Crippen LogP contribution in [0.2, 0.25) is 0 Å². The summed E-state index contributed by atoms with van der Waals surface area (Å²) in [6.45, 7) is 5.72. The van der Waals surface area contributed by atoms with E-state index in [0.29, 0.717) is 30.6 Å². The maximum Gasteiger partial charge on any atom is 0.222 e. The lowest BCUT2D eigenvalue weighted by atomic mass is 9.89. The first kappa shape index (κ1) is 24.1. The van der Waals surface area contributed by atoms with E-state index in [2.05, 4.69) is 24.0 Å². The van der Waals surface area contributed by atoms with Crippen molar-refractivity contribution in [2.45, 2.75) is 90.3 Å². The van der Waals surface area contributed by atoms with Gasteiger partial charge in [0.1, 0.15) is 0 Å². The Morgan fingerprint density at radius 3 is 2.77 bits per heavy atom. The normalized spacial score (nSPS) is 31.5. The summed E-state index contributed by atoms with van der Waals surface area (Å²) in [6.07, 6.45) is 15.3. The Bertz CT molecular complexity index is 710. The van der Waals surface area contributed by atoms with E-state index in [0.717, 1.165) is 58.0 Å². The lowest BCUT2D eigenvalue weighted by molar-refractivity contribution is -0.132. The van der Waals surface area contributed by atoms with E-state index in [4.69, 9.17) is 0 Å². The van der Waals surface area contributed by atoms with Crippen LogP contribution in [0.1, 0.15) is 78.1 Å². The molecule has 1 saturated heterocycles. The van der Waals surface area contributed by atoms with Gasteiger partial charge in [-0.3, -0.25) is 4.79 Å². The molecule has 0 spiro atoms. The fourth-order valence-corrected chi connectivity index (χ4v) is 5.62. The third-order valence-corrected chi connectivity index (χ3v) is 7.56. The van der Waals surface area contributed by atoms with E-state index in [1.807, 2.05) is 24.8 Å². The molecule has 2 aliphatic carbocycles. The van der Waals surface area contributed by atoms with Gasteiger partial charge >= 0.3 is 0 Å². The van der Waals surface area contributed by atoms with Crippen LogP contribution in [0.5, 0.6) is 0 Å². The summed E-state index contributed by atoms with van der Waals surface area (Å²) in [5.41, 5.74) is 1.50. The van der Waals surface area contributed by atoms with Crippen LogP contribution in [0.4, 0.5) is 0 Å². The van der Waals surface area contributed by atoms with Crippen LogP contribution >= 0.6 is 0 Å². The minimum Gasteiger partial charge on any atom is -0.392 e. The zero-order valence-electron chi connectivity index (χ0n) is 19.4. The number of rotatable bonds is 8. The number of fused-ring (bicyclic) bond motifs is 1. The van der Waals surface area contributed by atoms with Crippen molar-refractivity contribution in [1.29, 1.82) is 0 Å². The van der Waals surface area contributed by atoms with Gasteiger partial charge in [0.15, 0.2) is 0 Å². The molecule has 0 aromatic carbocycles. The molecule has 2 saturated carbocycles. The molecule has 0 unspecified atom stereocenters. The maximum absolute atomic E-state index is 12.3.